The number of hydrogen-bond acceptors (Lipinski definition) is 5. The number of carbonyl (C=O) groups is 1. The van der Waals surface area contributed by atoms with E-state index in [0.717, 1.165) is 31.9 Å². The van der Waals surface area contributed by atoms with Gasteiger partial charge in [-0.05, 0) is 37.4 Å². The zero-order valence-corrected chi connectivity index (χ0v) is 13.2. The van der Waals surface area contributed by atoms with Gasteiger partial charge >= 0.3 is 0 Å². The Labute approximate surface area is 135 Å². The van der Waals surface area contributed by atoms with Gasteiger partial charge in [-0.15, -0.1) is 0 Å². The Morgan fingerprint density at radius 2 is 1.83 bits per heavy atom. The molecule has 6 nitrogen and oxygen atoms in total. The zero-order chi connectivity index (χ0) is 16.2. The van der Waals surface area contributed by atoms with Crippen molar-refractivity contribution < 1.29 is 4.79 Å². The van der Waals surface area contributed by atoms with E-state index in [9.17, 15) is 4.79 Å². The third-order valence-corrected chi connectivity index (χ3v) is 4.02. The highest BCUT2D eigenvalue weighted by molar-refractivity contribution is 6.04. The first kappa shape index (κ1) is 15.3. The Hall–Kier alpha value is -2.60. The van der Waals surface area contributed by atoms with Crippen molar-refractivity contribution >= 4 is 23.0 Å². The number of pyridine rings is 1. The normalized spacial score (nSPS) is 15.4. The molecule has 0 radical (unpaired) electrons. The quantitative estimate of drug-likeness (QED) is 0.902. The second-order valence-electron chi connectivity index (χ2n) is 5.80. The highest BCUT2D eigenvalue weighted by Crippen LogP contribution is 2.20. The van der Waals surface area contributed by atoms with Gasteiger partial charge in [-0.25, -0.2) is 0 Å². The molecule has 1 amide bonds. The first-order valence-corrected chi connectivity index (χ1v) is 7.67. The number of aromatic nitrogens is 1. The van der Waals surface area contributed by atoms with Crippen LogP contribution in [0.1, 0.15) is 10.4 Å². The Morgan fingerprint density at radius 1 is 1.13 bits per heavy atom. The van der Waals surface area contributed by atoms with Gasteiger partial charge in [0.25, 0.3) is 5.91 Å². The molecule has 1 aromatic carbocycles. The molecule has 23 heavy (non-hydrogen) atoms. The number of likely N-dealkylation sites (N-methyl/N-ethyl adjacent to an activating group) is 1. The van der Waals surface area contributed by atoms with E-state index in [1.165, 1.54) is 18.1 Å². The van der Waals surface area contributed by atoms with Crippen LogP contribution in [-0.4, -0.2) is 49.0 Å². The van der Waals surface area contributed by atoms with Gasteiger partial charge in [0.2, 0.25) is 0 Å². The maximum Gasteiger partial charge on any atom is 0.257 e. The van der Waals surface area contributed by atoms with Crippen LogP contribution >= 0.6 is 0 Å². The third kappa shape index (κ3) is 3.78. The lowest BCUT2D eigenvalue weighted by Gasteiger charge is -2.34. The molecule has 0 spiro atoms. The molecule has 0 unspecified atom stereocenters. The molecule has 0 aliphatic carbocycles. The van der Waals surface area contributed by atoms with Gasteiger partial charge in [-0.2, -0.15) is 0 Å². The van der Waals surface area contributed by atoms with Crippen molar-refractivity contribution in [2.45, 2.75) is 0 Å². The van der Waals surface area contributed by atoms with Crippen LogP contribution in [0.3, 0.4) is 0 Å². The SMILES string of the molecule is CN1CCN(c2ccc(NC(=O)c3cncc(N)c3)cc2)CC1. The van der Waals surface area contributed by atoms with Gasteiger partial charge in [0.05, 0.1) is 11.3 Å². The van der Waals surface area contributed by atoms with Gasteiger partial charge in [0, 0.05) is 49.9 Å². The highest BCUT2D eigenvalue weighted by atomic mass is 16.1. The number of rotatable bonds is 3. The summed E-state index contributed by atoms with van der Waals surface area (Å²) in [7, 11) is 2.14. The lowest BCUT2D eigenvalue weighted by molar-refractivity contribution is 0.102. The number of nitrogen functional groups attached to an aromatic ring is 1. The van der Waals surface area contributed by atoms with Crippen LogP contribution in [0.5, 0.6) is 0 Å². The summed E-state index contributed by atoms with van der Waals surface area (Å²) in [4.78, 5) is 20.8. The molecule has 0 bridgehead atoms. The molecule has 2 aromatic rings. The molecule has 2 heterocycles. The van der Waals surface area contributed by atoms with E-state index >= 15 is 0 Å². The van der Waals surface area contributed by atoms with Gasteiger partial charge in [0.15, 0.2) is 0 Å². The summed E-state index contributed by atoms with van der Waals surface area (Å²) in [6.07, 6.45) is 3.02. The number of nitrogens with zero attached hydrogens (tertiary/aromatic N) is 3. The largest absolute Gasteiger partial charge is 0.397 e. The summed E-state index contributed by atoms with van der Waals surface area (Å²) >= 11 is 0. The monoisotopic (exact) mass is 311 g/mol. The molecular formula is C17H21N5O. The molecule has 1 saturated heterocycles. The average molecular weight is 311 g/mol. The van der Waals surface area contributed by atoms with Gasteiger partial charge in [-0.3, -0.25) is 9.78 Å². The molecule has 1 aliphatic rings. The van der Waals surface area contributed by atoms with E-state index in [-0.39, 0.29) is 5.91 Å². The van der Waals surface area contributed by atoms with Crippen molar-refractivity contribution in [1.29, 1.82) is 0 Å². The molecule has 120 valence electrons. The van der Waals surface area contributed by atoms with E-state index in [1.54, 1.807) is 6.07 Å². The predicted molar refractivity (Wildman–Crippen MR) is 92.8 cm³/mol. The molecule has 1 aromatic heterocycles. The minimum absolute atomic E-state index is 0.211. The molecule has 0 atom stereocenters. The van der Waals surface area contributed by atoms with Gasteiger partial charge < -0.3 is 20.9 Å². The number of piperazine rings is 1. The van der Waals surface area contributed by atoms with Crippen LogP contribution in [0.2, 0.25) is 0 Å². The maximum atomic E-state index is 12.2. The van der Waals surface area contributed by atoms with Crippen LogP contribution in [0.4, 0.5) is 17.1 Å². The van der Waals surface area contributed by atoms with Crippen LogP contribution in [-0.2, 0) is 0 Å². The number of nitrogens with two attached hydrogens (primary N) is 1. The first-order chi connectivity index (χ1) is 11.1. The standard InChI is InChI=1S/C17H21N5O/c1-21-6-8-22(9-7-21)16-4-2-15(3-5-16)20-17(23)13-10-14(18)12-19-11-13/h2-5,10-12H,6-9,18H2,1H3,(H,20,23). The number of benzene rings is 1. The molecule has 6 heteroatoms. The van der Waals surface area contributed by atoms with E-state index in [1.807, 2.05) is 24.3 Å². The second kappa shape index (κ2) is 6.66. The molecule has 3 N–H and O–H groups in total. The summed E-state index contributed by atoms with van der Waals surface area (Å²) < 4.78 is 0. The van der Waals surface area contributed by atoms with Gasteiger partial charge in [0.1, 0.15) is 0 Å². The highest BCUT2D eigenvalue weighted by Gasteiger charge is 2.14. The number of amides is 1. The minimum Gasteiger partial charge on any atom is -0.397 e. The predicted octanol–water partition coefficient (Wildman–Crippen LogP) is 1.67. The Morgan fingerprint density at radius 3 is 2.48 bits per heavy atom. The van der Waals surface area contributed by atoms with Crippen LogP contribution in [0.25, 0.3) is 0 Å². The van der Waals surface area contributed by atoms with Crippen LogP contribution in [0, 0.1) is 0 Å². The van der Waals surface area contributed by atoms with Crippen molar-refractivity contribution in [2.24, 2.45) is 0 Å². The molecule has 3 rings (SSSR count). The van der Waals surface area contributed by atoms with Crippen molar-refractivity contribution in [2.75, 3.05) is 49.2 Å². The van der Waals surface area contributed by atoms with E-state index in [2.05, 4.69) is 27.1 Å². The van der Waals surface area contributed by atoms with E-state index in [0.29, 0.717) is 11.3 Å². The summed E-state index contributed by atoms with van der Waals surface area (Å²) in [5.41, 5.74) is 8.52. The Balaban J connectivity index is 1.64. The Kier molecular flexibility index (Phi) is 4.43. The van der Waals surface area contributed by atoms with Crippen molar-refractivity contribution in [3.63, 3.8) is 0 Å². The fraction of sp³-hybridized carbons (Fsp3) is 0.294. The number of carbonyl (C=O) groups excluding carboxylic acids is 1. The fourth-order valence-electron chi connectivity index (χ4n) is 2.61. The van der Waals surface area contributed by atoms with Crippen molar-refractivity contribution in [1.82, 2.24) is 9.88 Å². The lowest BCUT2D eigenvalue weighted by Crippen LogP contribution is -2.44. The van der Waals surface area contributed by atoms with Crippen LogP contribution in [0.15, 0.2) is 42.7 Å². The first-order valence-electron chi connectivity index (χ1n) is 7.67. The molecule has 0 saturated carbocycles. The zero-order valence-electron chi connectivity index (χ0n) is 13.2. The topological polar surface area (TPSA) is 74.5 Å². The fourth-order valence-corrected chi connectivity index (χ4v) is 2.61. The molecule has 1 aliphatic heterocycles. The summed E-state index contributed by atoms with van der Waals surface area (Å²) in [5.74, 6) is -0.211. The van der Waals surface area contributed by atoms with Crippen LogP contribution < -0.4 is 16.0 Å². The second-order valence-corrected chi connectivity index (χ2v) is 5.80. The number of anilines is 3. The average Bonchev–Trinajstić information content (AvgIpc) is 2.56. The maximum absolute atomic E-state index is 12.2. The molecular weight excluding hydrogens is 290 g/mol. The molecule has 1 fully saturated rings. The lowest BCUT2D eigenvalue weighted by atomic mass is 10.2. The smallest absolute Gasteiger partial charge is 0.257 e. The summed E-state index contributed by atoms with van der Waals surface area (Å²) in [6.45, 7) is 4.19. The van der Waals surface area contributed by atoms with Crippen molar-refractivity contribution in [3.8, 4) is 0 Å². The third-order valence-electron chi connectivity index (χ3n) is 4.02. The van der Waals surface area contributed by atoms with Gasteiger partial charge in [-0.1, -0.05) is 0 Å². The summed E-state index contributed by atoms with van der Waals surface area (Å²) in [6, 6.07) is 9.54. The number of hydrogen-bond donors (Lipinski definition) is 2. The summed E-state index contributed by atoms with van der Waals surface area (Å²) in [5, 5.41) is 2.86. The van der Waals surface area contributed by atoms with E-state index < -0.39 is 0 Å². The Bertz CT molecular complexity index is 678. The van der Waals surface area contributed by atoms with E-state index in [4.69, 9.17) is 5.73 Å². The van der Waals surface area contributed by atoms with Crippen molar-refractivity contribution in [3.05, 3.63) is 48.3 Å². The minimum atomic E-state index is -0.211. The number of nitrogens with one attached hydrogen (secondary N) is 1.